The van der Waals surface area contributed by atoms with E-state index < -0.39 is 0 Å². The van der Waals surface area contributed by atoms with Crippen molar-refractivity contribution in [2.24, 2.45) is 10.9 Å². The first-order valence-electron chi connectivity index (χ1n) is 10.8. The number of ether oxygens (including phenoxy) is 2. The summed E-state index contributed by atoms with van der Waals surface area (Å²) < 4.78 is 25.0. The molecule has 0 aliphatic heterocycles. The van der Waals surface area contributed by atoms with Crippen molar-refractivity contribution in [2.45, 2.75) is 32.4 Å². The molecule has 1 aliphatic carbocycles. The summed E-state index contributed by atoms with van der Waals surface area (Å²) in [6.45, 7) is 2.95. The second kappa shape index (κ2) is 13.2. The molecule has 3 N–H and O–H groups in total. The summed E-state index contributed by atoms with van der Waals surface area (Å²) in [5, 5.41) is 9.00. The van der Waals surface area contributed by atoms with Gasteiger partial charge in [-0.2, -0.15) is 0 Å². The Morgan fingerprint density at radius 3 is 2.52 bits per heavy atom. The number of halogens is 2. The third kappa shape index (κ3) is 8.71. The van der Waals surface area contributed by atoms with Gasteiger partial charge in [-0.25, -0.2) is 4.39 Å². The largest absolute Gasteiger partial charge is 0.497 e. The molecular weight excluding hydrogens is 538 g/mol. The molecule has 0 aromatic heterocycles. The number of hydrogen-bond donors (Lipinski definition) is 3. The molecule has 1 atom stereocenters. The van der Waals surface area contributed by atoms with Crippen LogP contribution in [0, 0.1) is 11.7 Å². The van der Waals surface area contributed by atoms with Crippen LogP contribution < -0.4 is 25.4 Å². The van der Waals surface area contributed by atoms with E-state index in [1.165, 1.54) is 6.07 Å². The van der Waals surface area contributed by atoms with E-state index in [9.17, 15) is 9.18 Å². The fraction of sp³-hybridized carbons (Fsp3) is 0.417. The lowest BCUT2D eigenvalue weighted by Gasteiger charge is -2.19. The number of methoxy groups -OCH3 is 1. The number of nitrogens with zero attached hydrogens (tertiary/aromatic N) is 1. The first-order valence-corrected chi connectivity index (χ1v) is 10.8. The van der Waals surface area contributed by atoms with Gasteiger partial charge in [0.05, 0.1) is 26.3 Å². The van der Waals surface area contributed by atoms with Crippen LogP contribution in [-0.2, 0) is 11.3 Å². The molecule has 1 saturated carbocycles. The van der Waals surface area contributed by atoms with Crippen molar-refractivity contribution in [1.82, 2.24) is 16.0 Å². The van der Waals surface area contributed by atoms with Crippen molar-refractivity contribution in [1.29, 1.82) is 0 Å². The molecule has 3 rings (SSSR count). The maximum Gasteiger partial charge on any atom is 0.239 e. The van der Waals surface area contributed by atoms with Gasteiger partial charge in [-0.05, 0) is 61.1 Å². The predicted octanol–water partition coefficient (Wildman–Crippen LogP) is 3.78. The van der Waals surface area contributed by atoms with Gasteiger partial charge in [0.2, 0.25) is 5.91 Å². The zero-order chi connectivity index (χ0) is 22.9. The molecule has 7 nitrogen and oxygen atoms in total. The topological polar surface area (TPSA) is 84.0 Å². The number of amides is 1. The summed E-state index contributed by atoms with van der Waals surface area (Å²) in [6, 6.07) is 12.2. The van der Waals surface area contributed by atoms with Gasteiger partial charge in [0.25, 0.3) is 0 Å². The smallest absolute Gasteiger partial charge is 0.239 e. The number of aliphatic imine (C=N–C) groups is 1. The summed E-state index contributed by atoms with van der Waals surface area (Å²) in [7, 11) is 3.23. The minimum absolute atomic E-state index is 0. The number of benzene rings is 2. The fourth-order valence-corrected chi connectivity index (χ4v) is 3.05. The average molecular weight is 570 g/mol. The van der Waals surface area contributed by atoms with Crippen LogP contribution >= 0.6 is 24.0 Å². The highest BCUT2D eigenvalue weighted by molar-refractivity contribution is 14.0. The highest BCUT2D eigenvalue weighted by Crippen LogP contribution is 2.30. The number of carbonyl (C=O) groups excluding carboxylic acids is 1. The lowest BCUT2D eigenvalue weighted by atomic mass is 10.1. The standard InChI is InChI=1S/C24H31FN4O3.HI/c1-16(19-8-11-22(21(25)12-19)32-15-18-4-5-18)29-24(26-2)28-14-23(30)27-13-17-6-9-20(31-3)10-7-17;/h6-12,16,18H,4-5,13-15H2,1-3H3,(H,27,30)(H2,26,28,29);1H. The van der Waals surface area contributed by atoms with Gasteiger partial charge in [0, 0.05) is 13.6 Å². The van der Waals surface area contributed by atoms with Crippen molar-refractivity contribution in [3.63, 3.8) is 0 Å². The van der Waals surface area contributed by atoms with E-state index in [0.717, 1.165) is 29.7 Å². The Labute approximate surface area is 211 Å². The fourth-order valence-electron chi connectivity index (χ4n) is 3.05. The van der Waals surface area contributed by atoms with Crippen molar-refractivity contribution in [2.75, 3.05) is 27.3 Å². The minimum atomic E-state index is -0.377. The van der Waals surface area contributed by atoms with E-state index >= 15 is 0 Å². The zero-order valence-corrected chi connectivity index (χ0v) is 21.5. The monoisotopic (exact) mass is 570 g/mol. The number of rotatable bonds is 10. The van der Waals surface area contributed by atoms with E-state index in [-0.39, 0.29) is 54.0 Å². The molecule has 1 amide bonds. The molecule has 0 saturated heterocycles. The quantitative estimate of drug-likeness (QED) is 0.230. The molecule has 0 spiro atoms. The molecule has 1 fully saturated rings. The number of carbonyl (C=O) groups is 1. The van der Waals surface area contributed by atoms with Gasteiger partial charge in [0.15, 0.2) is 17.5 Å². The van der Waals surface area contributed by atoms with Crippen LogP contribution in [0.3, 0.4) is 0 Å². The molecule has 180 valence electrons. The molecular formula is C24H32FIN4O3. The Hall–Kier alpha value is -2.56. The SMILES string of the molecule is CN=C(NCC(=O)NCc1ccc(OC)cc1)NC(C)c1ccc(OCC2CC2)c(F)c1.I. The number of hydrogen-bond acceptors (Lipinski definition) is 4. The normalized spacial score (nSPS) is 14.0. The minimum Gasteiger partial charge on any atom is -0.497 e. The summed E-state index contributed by atoms with van der Waals surface area (Å²) in [6.07, 6.45) is 2.32. The van der Waals surface area contributed by atoms with Gasteiger partial charge in [0.1, 0.15) is 5.75 Å². The number of nitrogens with one attached hydrogen (secondary N) is 3. The Kier molecular flexibility index (Phi) is 10.7. The summed E-state index contributed by atoms with van der Waals surface area (Å²) in [5.74, 6) is 1.52. The maximum atomic E-state index is 14.4. The Balaban J connectivity index is 0.00000385. The lowest BCUT2D eigenvalue weighted by molar-refractivity contribution is -0.120. The predicted molar refractivity (Wildman–Crippen MR) is 138 cm³/mol. The second-order valence-electron chi connectivity index (χ2n) is 7.86. The van der Waals surface area contributed by atoms with Crippen LogP contribution in [0.25, 0.3) is 0 Å². The van der Waals surface area contributed by atoms with Crippen LogP contribution in [0.15, 0.2) is 47.5 Å². The van der Waals surface area contributed by atoms with Crippen LogP contribution in [-0.4, -0.2) is 39.2 Å². The molecule has 0 heterocycles. The zero-order valence-electron chi connectivity index (χ0n) is 19.2. The molecule has 1 unspecified atom stereocenters. The first-order chi connectivity index (χ1) is 15.5. The highest BCUT2D eigenvalue weighted by Gasteiger charge is 2.22. The highest BCUT2D eigenvalue weighted by atomic mass is 127. The van der Waals surface area contributed by atoms with Crippen LogP contribution in [0.4, 0.5) is 4.39 Å². The summed E-state index contributed by atoms with van der Waals surface area (Å²) in [4.78, 5) is 16.3. The van der Waals surface area contributed by atoms with Crippen molar-refractivity contribution in [3.8, 4) is 11.5 Å². The van der Waals surface area contributed by atoms with Crippen molar-refractivity contribution < 1.29 is 18.7 Å². The van der Waals surface area contributed by atoms with Gasteiger partial charge >= 0.3 is 0 Å². The third-order valence-corrected chi connectivity index (χ3v) is 5.27. The second-order valence-corrected chi connectivity index (χ2v) is 7.86. The third-order valence-electron chi connectivity index (χ3n) is 5.27. The summed E-state index contributed by atoms with van der Waals surface area (Å²) in [5.41, 5.74) is 1.73. The van der Waals surface area contributed by atoms with Crippen LogP contribution in [0.1, 0.15) is 36.9 Å². The molecule has 0 bridgehead atoms. The Morgan fingerprint density at radius 1 is 1.18 bits per heavy atom. The molecule has 1 aliphatic rings. The molecule has 2 aromatic carbocycles. The van der Waals surface area contributed by atoms with E-state index in [0.29, 0.717) is 25.0 Å². The van der Waals surface area contributed by atoms with Gasteiger partial charge in [-0.3, -0.25) is 9.79 Å². The average Bonchev–Trinajstić information content (AvgIpc) is 3.64. The van der Waals surface area contributed by atoms with Gasteiger partial charge in [-0.1, -0.05) is 18.2 Å². The summed E-state index contributed by atoms with van der Waals surface area (Å²) >= 11 is 0. The van der Waals surface area contributed by atoms with E-state index in [2.05, 4.69) is 20.9 Å². The van der Waals surface area contributed by atoms with Gasteiger partial charge < -0.3 is 25.4 Å². The van der Waals surface area contributed by atoms with Crippen LogP contribution in [0.5, 0.6) is 11.5 Å². The van der Waals surface area contributed by atoms with E-state index in [1.54, 1.807) is 20.2 Å². The Morgan fingerprint density at radius 2 is 1.91 bits per heavy atom. The molecule has 0 radical (unpaired) electrons. The Bertz CT molecular complexity index is 936. The van der Waals surface area contributed by atoms with E-state index in [4.69, 9.17) is 9.47 Å². The van der Waals surface area contributed by atoms with E-state index in [1.807, 2.05) is 37.3 Å². The van der Waals surface area contributed by atoms with Crippen molar-refractivity contribution in [3.05, 3.63) is 59.4 Å². The first kappa shape index (κ1) is 26.7. The molecule has 2 aromatic rings. The molecule has 33 heavy (non-hydrogen) atoms. The van der Waals surface area contributed by atoms with Crippen LogP contribution in [0.2, 0.25) is 0 Å². The maximum absolute atomic E-state index is 14.4. The lowest BCUT2D eigenvalue weighted by Crippen LogP contribution is -2.43. The molecule has 9 heteroatoms. The number of guanidine groups is 1. The van der Waals surface area contributed by atoms with Crippen molar-refractivity contribution >= 4 is 35.8 Å². The van der Waals surface area contributed by atoms with Gasteiger partial charge in [-0.15, -0.1) is 24.0 Å².